The smallest absolute Gasteiger partial charge is 0.410 e. The van der Waals surface area contributed by atoms with E-state index in [-0.39, 0.29) is 25.0 Å². The van der Waals surface area contributed by atoms with Gasteiger partial charge in [-0.1, -0.05) is 43.3 Å². The summed E-state index contributed by atoms with van der Waals surface area (Å²) < 4.78 is 31.7. The van der Waals surface area contributed by atoms with Gasteiger partial charge in [0.05, 0.1) is 18.8 Å². The molecule has 3 aromatic rings. The lowest BCUT2D eigenvalue weighted by Crippen LogP contribution is -2.45. The van der Waals surface area contributed by atoms with E-state index in [0.29, 0.717) is 37.2 Å². The molecule has 1 saturated carbocycles. The number of carbonyl (C=O) groups excluding carboxylic acids is 1. The maximum atomic E-state index is 16.0. The fourth-order valence-corrected chi connectivity index (χ4v) is 6.79. The quantitative estimate of drug-likeness (QED) is 0.320. The third-order valence-electron chi connectivity index (χ3n) is 9.38. The molecule has 4 heterocycles. The number of nitrogens with zero attached hydrogens (tertiary/aromatic N) is 7. The highest BCUT2D eigenvalue weighted by molar-refractivity contribution is 5.68. The summed E-state index contributed by atoms with van der Waals surface area (Å²) in [5, 5.41) is 17.9. The number of hydrogen-bond acceptors (Lipinski definition) is 7. The second kappa shape index (κ2) is 12.2. The van der Waals surface area contributed by atoms with Crippen molar-refractivity contribution >= 4 is 6.09 Å². The summed E-state index contributed by atoms with van der Waals surface area (Å²) in [7, 11) is 0. The number of benzene rings is 1. The summed E-state index contributed by atoms with van der Waals surface area (Å²) in [5.74, 6) is 2.79. The number of halogens is 1. The summed E-state index contributed by atoms with van der Waals surface area (Å²) in [4.78, 5) is 14.0. The maximum absolute atomic E-state index is 16.0. The van der Waals surface area contributed by atoms with Crippen molar-refractivity contribution in [3.05, 3.63) is 58.9 Å². The molecule has 10 nitrogen and oxygen atoms in total. The molecule has 1 amide bonds. The highest BCUT2D eigenvalue weighted by Crippen LogP contribution is 2.41. The van der Waals surface area contributed by atoms with Crippen molar-refractivity contribution in [2.75, 3.05) is 19.7 Å². The van der Waals surface area contributed by atoms with Crippen molar-refractivity contribution in [3.8, 4) is 0 Å². The molecule has 0 N–H and O–H groups in total. The van der Waals surface area contributed by atoms with Gasteiger partial charge in [-0.25, -0.2) is 13.9 Å². The maximum Gasteiger partial charge on any atom is 0.410 e. The molecule has 0 bridgehead atoms. The molecule has 1 aromatic carbocycles. The second-order valence-electron chi connectivity index (χ2n) is 14.1. The van der Waals surface area contributed by atoms with Crippen LogP contribution < -0.4 is 0 Å². The second-order valence-corrected chi connectivity index (χ2v) is 14.1. The average Bonchev–Trinajstić information content (AvgIpc) is 3.66. The molecule has 2 aromatic heterocycles. The molecule has 2 fully saturated rings. The van der Waals surface area contributed by atoms with Crippen LogP contribution in [0.25, 0.3) is 0 Å². The summed E-state index contributed by atoms with van der Waals surface area (Å²) in [6, 6.07) is 8.92. The zero-order valence-electron chi connectivity index (χ0n) is 26.7. The Kier molecular flexibility index (Phi) is 8.52. The van der Waals surface area contributed by atoms with E-state index >= 15 is 4.39 Å². The monoisotopic (exact) mass is 607 g/mol. The number of carbonyl (C=O) groups is 1. The van der Waals surface area contributed by atoms with E-state index in [1.165, 1.54) is 11.1 Å². The number of piperidine rings is 1. The molecular formula is C33H46FN7O3. The van der Waals surface area contributed by atoms with Crippen LogP contribution in [0.3, 0.4) is 0 Å². The Bertz CT molecular complexity index is 1450. The van der Waals surface area contributed by atoms with Gasteiger partial charge < -0.3 is 18.9 Å². The van der Waals surface area contributed by atoms with E-state index in [1.54, 1.807) is 11.1 Å². The first-order valence-electron chi connectivity index (χ1n) is 16.2. The standard InChI is InChI=1S/C33H46FN7O3/c1-22(2)25-8-6-7-23(19-25)20-27-30-37-36-29(40(30)17-18-43-27)24-9-11-26(12-10-24)41-21-28(35-38-41)33(34)13-15-39(16-14-33)31(42)44-32(3,4)5/h6-8,19,21-22,24,26-27H,9-18,20H2,1-5H3/t24-,26-,27?. The van der Waals surface area contributed by atoms with E-state index in [2.05, 4.69) is 63.2 Å². The predicted molar refractivity (Wildman–Crippen MR) is 163 cm³/mol. The number of amides is 1. The van der Waals surface area contributed by atoms with E-state index in [0.717, 1.165) is 50.3 Å². The number of likely N-dealkylation sites (tertiary alicyclic amines) is 1. The lowest BCUT2D eigenvalue weighted by atomic mass is 9.85. The van der Waals surface area contributed by atoms with E-state index in [4.69, 9.17) is 9.47 Å². The molecule has 0 radical (unpaired) electrons. The minimum Gasteiger partial charge on any atom is -0.444 e. The zero-order valence-corrected chi connectivity index (χ0v) is 26.7. The van der Waals surface area contributed by atoms with Crippen molar-refractivity contribution in [2.24, 2.45) is 0 Å². The molecule has 2 aliphatic heterocycles. The van der Waals surface area contributed by atoms with Gasteiger partial charge in [0.2, 0.25) is 0 Å². The molecule has 1 unspecified atom stereocenters. The lowest BCUT2D eigenvalue weighted by molar-refractivity contribution is 0.00122. The van der Waals surface area contributed by atoms with Crippen LogP contribution >= 0.6 is 0 Å². The van der Waals surface area contributed by atoms with Gasteiger partial charge in [-0.2, -0.15) is 0 Å². The SMILES string of the molecule is CC(C)c1cccc(CC2OCCn3c2nnc3[C@H]2CC[C@H](n3cc(C4(F)CCN(C(=O)OC(C)(C)C)CC4)nn3)CC2)c1. The third kappa shape index (κ3) is 6.53. The van der Waals surface area contributed by atoms with Crippen LogP contribution in [-0.2, 0) is 28.1 Å². The first-order chi connectivity index (χ1) is 21.0. The van der Waals surface area contributed by atoms with Gasteiger partial charge in [0, 0.05) is 44.8 Å². The van der Waals surface area contributed by atoms with Crippen molar-refractivity contribution in [1.29, 1.82) is 0 Å². The molecule has 1 aliphatic carbocycles. The Hall–Kier alpha value is -3.34. The van der Waals surface area contributed by atoms with E-state index in [1.807, 2.05) is 25.5 Å². The molecule has 1 atom stereocenters. The third-order valence-corrected chi connectivity index (χ3v) is 9.38. The van der Waals surface area contributed by atoms with Crippen LogP contribution in [0.15, 0.2) is 30.5 Å². The highest BCUT2D eigenvalue weighted by atomic mass is 19.1. The van der Waals surface area contributed by atoms with Gasteiger partial charge in [0.1, 0.15) is 23.2 Å². The minimum atomic E-state index is -1.59. The molecule has 44 heavy (non-hydrogen) atoms. The highest BCUT2D eigenvalue weighted by Gasteiger charge is 2.41. The Morgan fingerprint density at radius 2 is 1.80 bits per heavy atom. The number of ether oxygens (including phenoxy) is 2. The van der Waals surface area contributed by atoms with Crippen molar-refractivity contribution in [2.45, 2.75) is 121 Å². The topological polar surface area (TPSA) is 100 Å². The molecule has 11 heteroatoms. The molecule has 1 saturated heterocycles. The summed E-state index contributed by atoms with van der Waals surface area (Å²) >= 11 is 0. The van der Waals surface area contributed by atoms with Crippen molar-refractivity contribution < 1.29 is 18.7 Å². The first kappa shape index (κ1) is 30.7. The van der Waals surface area contributed by atoms with Gasteiger partial charge in [0.25, 0.3) is 0 Å². The number of fused-ring (bicyclic) bond motifs is 1. The Morgan fingerprint density at radius 1 is 1.07 bits per heavy atom. The molecule has 0 spiro atoms. The van der Waals surface area contributed by atoms with Crippen LogP contribution in [-0.4, -0.2) is 66.0 Å². The number of rotatable bonds is 6. The van der Waals surface area contributed by atoms with Crippen molar-refractivity contribution in [1.82, 2.24) is 34.7 Å². The predicted octanol–water partition coefficient (Wildman–Crippen LogP) is 6.40. The van der Waals surface area contributed by atoms with Gasteiger partial charge in [-0.15, -0.1) is 15.3 Å². The average molecular weight is 608 g/mol. The normalized spacial score (nSPS) is 23.9. The number of hydrogen-bond donors (Lipinski definition) is 0. The first-order valence-corrected chi connectivity index (χ1v) is 16.2. The van der Waals surface area contributed by atoms with E-state index < -0.39 is 17.4 Å². The van der Waals surface area contributed by atoms with Crippen LogP contribution in [0.5, 0.6) is 0 Å². The Labute approximate surface area is 259 Å². The number of alkyl halides is 1. The van der Waals surface area contributed by atoms with Gasteiger partial charge >= 0.3 is 6.09 Å². The summed E-state index contributed by atoms with van der Waals surface area (Å²) in [6.07, 6.45) is 6.21. The molecular weight excluding hydrogens is 561 g/mol. The molecule has 3 aliphatic rings. The fourth-order valence-electron chi connectivity index (χ4n) is 6.79. The van der Waals surface area contributed by atoms with Gasteiger partial charge in [-0.3, -0.25) is 0 Å². The summed E-state index contributed by atoms with van der Waals surface area (Å²) in [5.41, 5.74) is 0.786. The van der Waals surface area contributed by atoms with Crippen molar-refractivity contribution in [3.63, 3.8) is 0 Å². The van der Waals surface area contributed by atoms with E-state index in [9.17, 15) is 4.79 Å². The Balaban J connectivity index is 1.05. The Morgan fingerprint density at radius 3 is 2.50 bits per heavy atom. The largest absolute Gasteiger partial charge is 0.444 e. The van der Waals surface area contributed by atoms with Crippen LogP contribution in [0.4, 0.5) is 9.18 Å². The fraction of sp³-hybridized carbons (Fsp3) is 0.667. The van der Waals surface area contributed by atoms with Crippen LogP contribution in [0, 0.1) is 0 Å². The van der Waals surface area contributed by atoms with Crippen LogP contribution in [0.2, 0.25) is 0 Å². The molecule has 238 valence electrons. The zero-order chi connectivity index (χ0) is 31.1. The van der Waals surface area contributed by atoms with Gasteiger partial charge in [-0.05, 0) is 63.5 Å². The lowest BCUT2D eigenvalue weighted by Gasteiger charge is -2.36. The van der Waals surface area contributed by atoms with Crippen LogP contribution in [0.1, 0.15) is 126 Å². The molecule has 6 rings (SSSR count). The number of aromatic nitrogens is 6. The van der Waals surface area contributed by atoms with Gasteiger partial charge in [0.15, 0.2) is 11.5 Å². The summed E-state index contributed by atoms with van der Waals surface area (Å²) in [6.45, 7) is 11.9. The minimum absolute atomic E-state index is 0.0960.